The van der Waals surface area contributed by atoms with Crippen LogP contribution in [0, 0.1) is 28.6 Å². The summed E-state index contributed by atoms with van der Waals surface area (Å²) >= 11 is 0. The Balaban J connectivity index is 2.02. The first-order valence-electron chi connectivity index (χ1n) is 20.2. The summed E-state index contributed by atoms with van der Waals surface area (Å²) in [6, 6.07) is -6.89. The molecule has 3 aliphatic rings. The van der Waals surface area contributed by atoms with Gasteiger partial charge in [-0.05, 0) is 62.0 Å². The average Bonchev–Trinajstić information content (AvgIpc) is 3.27. The molecule has 0 aromatic carbocycles. The van der Waals surface area contributed by atoms with Crippen LogP contribution in [0.25, 0.3) is 0 Å². The number of piperidine rings is 1. The Kier molecular flexibility index (Phi) is 4.05. The normalized spacial score (nSPS) is 37.9. The van der Waals surface area contributed by atoms with Crippen molar-refractivity contribution in [3.05, 3.63) is 0 Å². The van der Waals surface area contributed by atoms with Gasteiger partial charge in [-0.3, -0.25) is 19.2 Å². The third kappa shape index (κ3) is 6.86. The molecule has 0 aromatic rings. The Morgan fingerprint density at radius 3 is 2.29 bits per heavy atom. The van der Waals surface area contributed by atoms with E-state index in [0.29, 0.717) is 0 Å². The average molecular weight is 550 g/mol. The molecular formula is C28H47N5O5. The number of carbonyl (C=O) groups is 5. The monoisotopic (exact) mass is 549 g/mol. The number of urea groups is 1. The molecule has 0 bridgehead atoms. The summed E-state index contributed by atoms with van der Waals surface area (Å²) in [4.78, 5) is 67.8. The number of nitrogens with two attached hydrogens (primary N) is 1. The molecule has 0 radical (unpaired) electrons. The lowest BCUT2D eigenvalue weighted by molar-refractivity contribution is -0.144. The molecule has 3 rings (SSSR count). The standard InChI is InChI=1S/C28H47N5O5/c1-26(2,3)13-18(31-25(38)32-27(4,5)6)24(37)33-14-16-19(28(16,7)8)20(33)23(36)30-17(21(34)22(29)35)12-15-10-9-11-15/h15-20H,9-14H2,1-8H3,(H2,29,35)(H,30,36)(H2,31,32,38)/t16-,17?,18-,19-,20-/m0/s1/i4D3,5D3,6D3,9D2,10D2,11D2,15D. The predicted molar refractivity (Wildman–Crippen MR) is 144 cm³/mol. The van der Waals surface area contributed by atoms with E-state index in [1.165, 1.54) is 0 Å². The Hall–Kier alpha value is -2.65. The summed E-state index contributed by atoms with van der Waals surface area (Å²) < 4.78 is 127. The number of hydrogen-bond acceptors (Lipinski definition) is 5. The number of amides is 5. The van der Waals surface area contributed by atoms with Crippen LogP contribution in [-0.2, 0) is 19.2 Å². The second-order valence-electron chi connectivity index (χ2n) is 11.9. The van der Waals surface area contributed by atoms with Crippen molar-refractivity contribution in [3.8, 4) is 0 Å². The van der Waals surface area contributed by atoms with E-state index in [-0.39, 0.29) is 18.9 Å². The van der Waals surface area contributed by atoms with Gasteiger partial charge in [0.2, 0.25) is 17.6 Å². The van der Waals surface area contributed by atoms with Gasteiger partial charge in [-0.1, -0.05) is 53.7 Å². The Morgan fingerprint density at radius 2 is 1.74 bits per heavy atom. The van der Waals surface area contributed by atoms with Gasteiger partial charge in [0.1, 0.15) is 12.1 Å². The molecule has 0 spiro atoms. The smallest absolute Gasteiger partial charge is 0.315 e. The van der Waals surface area contributed by atoms with Gasteiger partial charge in [-0.2, -0.15) is 0 Å². The maximum Gasteiger partial charge on any atom is 0.315 e. The fraction of sp³-hybridized carbons (Fsp3) is 0.821. The quantitative estimate of drug-likeness (QED) is 0.325. The van der Waals surface area contributed by atoms with Crippen LogP contribution in [0.3, 0.4) is 0 Å². The van der Waals surface area contributed by atoms with Crippen molar-refractivity contribution in [1.29, 1.82) is 0 Å². The van der Waals surface area contributed by atoms with Crippen LogP contribution in [0.2, 0.25) is 0 Å². The predicted octanol–water partition coefficient (Wildman–Crippen LogP) is 2.10. The van der Waals surface area contributed by atoms with Gasteiger partial charge in [-0.15, -0.1) is 0 Å². The number of nitrogens with zero attached hydrogens (tertiary/aromatic N) is 1. The lowest BCUT2D eigenvalue weighted by Crippen LogP contribution is -2.60. The summed E-state index contributed by atoms with van der Waals surface area (Å²) in [5.41, 5.74) is 0.00353. The molecule has 5 amide bonds. The molecule has 38 heavy (non-hydrogen) atoms. The highest BCUT2D eigenvalue weighted by Crippen LogP contribution is 2.65. The van der Waals surface area contributed by atoms with Crippen LogP contribution in [0.5, 0.6) is 0 Å². The van der Waals surface area contributed by atoms with Gasteiger partial charge in [0.25, 0.3) is 5.91 Å². The summed E-state index contributed by atoms with van der Waals surface area (Å²) in [6.45, 7) is -3.07. The molecule has 2 aliphatic carbocycles. The first kappa shape index (κ1) is 14.7. The van der Waals surface area contributed by atoms with Gasteiger partial charge in [-0.25, -0.2) is 4.79 Å². The molecule has 214 valence electrons. The number of primary amides is 1. The third-order valence-corrected chi connectivity index (χ3v) is 7.19. The number of rotatable bonds is 9. The minimum absolute atomic E-state index is 0.121. The summed E-state index contributed by atoms with van der Waals surface area (Å²) in [7, 11) is 0. The van der Waals surface area contributed by atoms with Crippen LogP contribution in [-0.4, -0.2) is 64.6 Å². The van der Waals surface area contributed by atoms with Gasteiger partial charge in [0.05, 0.1) is 6.04 Å². The lowest BCUT2D eigenvalue weighted by Gasteiger charge is -2.36. The number of Topliss-reactive ketones (excluding diaryl/α,β-unsaturated/α-hetero) is 1. The van der Waals surface area contributed by atoms with E-state index in [4.69, 9.17) is 27.7 Å². The number of nitrogens with one attached hydrogen (secondary N) is 3. The second kappa shape index (κ2) is 10.5. The van der Waals surface area contributed by atoms with Crippen molar-refractivity contribution in [3.63, 3.8) is 0 Å². The SMILES string of the molecule is [2H]C([2H])([2H])C(NC(=O)N[C@@H](CC(C)(C)C)C(=O)N1C[C@H]2[C@@H]([C@H]1C(=O)NC(CC1([2H])C([2H])([2H])C([2H])([2H])C1([2H])[2H])C(=O)C(N)=O)C2(C)C)(C([2H])([2H])[2H])C([2H])([2H])[2H]. The summed E-state index contributed by atoms with van der Waals surface area (Å²) in [5.74, 6) is -9.25. The van der Waals surface area contributed by atoms with Crippen molar-refractivity contribution in [2.75, 3.05) is 6.54 Å². The van der Waals surface area contributed by atoms with Gasteiger partial charge in [0.15, 0.2) is 0 Å². The topological polar surface area (TPSA) is 151 Å². The minimum atomic E-state index is -3.81. The molecule has 3 fully saturated rings. The largest absolute Gasteiger partial charge is 0.363 e. The number of fused-ring (bicyclic) bond motifs is 1. The molecule has 10 heteroatoms. The zero-order chi connectivity index (χ0) is 42.6. The van der Waals surface area contributed by atoms with Crippen LogP contribution in [0.4, 0.5) is 4.79 Å². The molecule has 5 atom stereocenters. The lowest BCUT2D eigenvalue weighted by atomic mass is 9.80. The Bertz CT molecular complexity index is 1510. The van der Waals surface area contributed by atoms with Crippen molar-refractivity contribution in [1.82, 2.24) is 20.9 Å². The number of carbonyl (C=O) groups excluding carboxylic acids is 5. The van der Waals surface area contributed by atoms with Gasteiger partial charge >= 0.3 is 6.03 Å². The molecule has 1 saturated heterocycles. The Labute approximate surface area is 249 Å². The first-order chi connectivity index (χ1) is 23.7. The summed E-state index contributed by atoms with van der Waals surface area (Å²) in [6.07, 6.45) is -11.1. The molecule has 5 N–H and O–H groups in total. The molecule has 1 heterocycles. The summed E-state index contributed by atoms with van der Waals surface area (Å²) in [5, 5.41) is 6.01. The van der Waals surface area contributed by atoms with E-state index in [1.54, 1.807) is 39.9 Å². The molecule has 1 unspecified atom stereocenters. The van der Waals surface area contributed by atoms with E-state index in [2.05, 4.69) is 10.6 Å². The van der Waals surface area contributed by atoms with Gasteiger partial charge in [0, 0.05) is 34.0 Å². The molecule has 2 saturated carbocycles. The highest BCUT2D eigenvalue weighted by Gasteiger charge is 2.69. The maximum atomic E-state index is 14.3. The van der Waals surface area contributed by atoms with Crippen molar-refractivity contribution >= 4 is 29.5 Å². The van der Waals surface area contributed by atoms with E-state index in [1.807, 2.05) is 0 Å². The van der Waals surface area contributed by atoms with Crippen LogP contribution in [0.15, 0.2) is 0 Å². The maximum absolute atomic E-state index is 14.3. The van der Waals surface area contributed by atoms with Crippen molar-refractivity contribution in [2.45, 2.75) is 111 Å². The molecule has 0 aromatic heterocycles. The van der Waals surface area contributed by atoms with Crippen molar-refractivity contribution in [2.24, 2.45) is 34.3 Å². The molecule has 10 nitrogen and oxygen atoms in total. The minimum Gasteiger partial charge on any atom is -0.363 e. The van der Waals surface area contributed by atoms with Crippen LogP contribution in [0.1, 0.15) is 109 Å². The molecular weight excluding hydrogens is 486 g/mol. The number of hydrogen-bond donors (Lipinski definition) is 4. The number of likely N-dealkylation sites (tertiary alicyclic amines) is 1. The van der Waals surface area contributed by atoms with Crippen LogP contribution >= 0.6 is 0 Å². The van der Waals surface area contributed by atoms with E-state index in [9.17, 15) is 24.0 Å². The third-order valence-electron chi connectivity index (χ3n) is 7.19. The highest BCUT2D eigenvalue weighted by atomic mass is 16.2. The highest BCUT2D eigenvalue weighted by molar-refractivity contribution is 6.37. The zero-order valence-electron chi connectivity index (χ0n) is 38.1. The van der Waals surface area contributed by atoms with E-state index >= 15 is 0 Å². The van der Waals surface area contributed by atoms with Crippen molar-refractivity contribution < 1.29 is 45.9 Å². The van der Waals surface area contributed by atoms with Crippen LogP contribution < -0.4 is 21.7 Å². The van der Waals surface area contributed by atoms with Gasteiger partial charge < -0.3 is 26.6 Å². The zero-order valence-corrected chi connectivity index (χ0v) is 22.1. The molecule has 1 aliphatic heterocycles. The second-order valence-corrected chi connectivity index (χ2v) is 11.9. The fourth-order valence-electron chi connectivity index (χ4n) is 5.29. The Morgan fingerprint density at radius 1 is 1.11 bits per heavy atom. The fourth-order valence-corrected chi connectivity index (χ4v) is 5.29. The first-order valence-corrected chi connectivity index (χ1v) is 12.2. The van der Waals surface area contributed by atoms with E-state index < -0.39 is 122 Å². The number of ketones is 1. The van der Waals surface area contributed by atoms with E-state index in [0.717, 1.165) is 4.90 Å².